The lowest BCUT2D eigenvalue weighted by Gasteiger charge is -2.18. The number of rotatable bonds is 2. The molecule has 0 saturated heterocycles. The fraction of sp³-hybridized carbons (Fsp3) is 0.154. The van der Waals surface area contributed by atoms with E-state index in [1.54, 1.807) is 12.1 Å². The summed E-state index contributed by atoms with van der Waals surface area (Å²) in [5.41, 5.74) is 0.941. The first-order chi connectivity index (χ1) is 8.74. The van der Waals surface area contributed by atoms with E-state index >= 15 is 0 Å². The van der Waals surface area contributed by atoms with Crippen LogP contribution in [0.2, 0.25) is 0 Å². The number of thiophene rings is 1. The lowest BCUT2D eigenvalue weighted by atomic mass is 10.1. The highest BCUT2D eigenvalue weighted by atomic mass is 32.1. The standard InChI is InChI=1S/C13H10O4S/c14-13(15)12-4-3-11(18-12)8-1-2-9-10(7-8)17-6-5-16-9/h1-4,7H,5-6H2,(H,14,15). The Balaban J connectivity index is 1.98. The maximum atomic E-state index is 10.8. The Morgan fingerprint density at radius 2 is 1.89 bits per heavy atom. The zero-order valence-corrected chi connectivity index (χ0v) is 10.2. The molecule has 2 heterocycles. The predicted octanol–water partition coefficient (Wildman–Crippen LogP) is 2.88. The molecule has 2 aromatic rings. The molecule has 1 aromatic carbocycles. The lowest BCUT2D eigenvalue weighted by molar-refractivity contribution is 0.0702. The molecule has 0 atom stereocenters. The Bertz CT molecular complexity index is 603. The highest BCUT2D eigenvalue weighted by molar-refractivity contribution is 7.17. The van der Waals surface area contributed by atoms with Crippen molar-refractivity contribution in [1.29, 1.82) is 0 Å². The molecule has 0 radical (unpaired) electrons. The van der Waals surface area contributed by atoms with E-state index in [9.17, 15) is 4.79 Å². The molecule has 0 bridgehead atoms. The molecule has 0 fully saturated rings. The quantitative estimate of drug-likeness (QED) is 0.904. The fourth-order valence-corrected chi connectivity index (χ4v) is 2.65. The third kappa shape index (κ3) is 1.93. The Labute approximate surface area is 107 Å². The normalized spacial score (nSPS) is 13.3. The van der Waals surface area contributed by atoms with E-state index in [4.69, 9.17) is 14.6 Å². The zero-order valence-electron chi connectivity index (χ0n) is 9.38. The van der Waals surface area contributed by atoms with Gasteiger partial charge in [0.25, 0.3) is 0 Å². The number of hydrogen-bond donors (Lipinski definition) is 1. The Morgan fingerprint density at radius 3 is 2.61 bits per heavy atom. The molecule has 0 spiro atoms. The number of carboxylic acid groups (broad SMARTS) is 1. The number of carboxylic acids is 1. The van der Waals surface area contributed by atoms with Gasteiger partial charge in [0, 0.05) is 4.88 Å². The summed E-state index contributed by atoms with van der Waals surface area (Å²) in [5.74, 6) is 0.549. The van der Waals surface area contributed by atoms with Gasteiger partial charge in [0.1, 0.15) is 18.1 Å². The van der Waals surface area contributed by atoms with Crippen molar-refractivity contribution in [3.8, 4) is 21.9 Å². The molecular formula is C13H10O4S. The fourth-order valence-electron chi connectivity index (χ4n) is 1.80. The number of aromatic carboxylic acids is 1. The van der Waals surface area contributed by atoms with E-state index in [0.29, 0.717) is 23.8 Å². The highest BCUT2D eigenvalue weighted by Crippen LogP contribution is 2.36. The van der Waals surface area contributed by atoms with Crippen molar-refractivity contribution in [3.05, 3.63) is 35.2 Å². The van der Waals surface area contributed by atoms with Crippen LogP contribution in [0.25, 0.3) is 10.4 Å². The van der Waals surface area contributed by atoms with E-state index in [0.717, 1.165) is 16.2 Å². The summed E-state index contributed by atoms with van der Waals surface area (Å²) in [6.45, 7) is 1.11. The molecule has 0 saturated carbocycles. The molecule has 0 amide bonds. The van der Waals surface area contributed by atoms with Crippen molar-refractivity contribution in [2.24, 2.45) is 0 Å². The summed E-state index contributed by atoms with van der Waals surface area (Å²) in [4.78, 5) is 12.1. The van der Waals surface area contributed by atoms with Crippen molar-refractivity contribution in [2.75, 3.05) is 13.2 Å². The minimum atomic E-state index is -0.899. The third-order valence-electron chi connectivity index (χ3n) is 2.64. The molecule has 0 unspecified atom stereocenters. The van der Waals surface area contributed by atoms with Crippen molar-refractivity contribution < 1.29 is 19.4 Å². The van der Waals surface area contributed by atoms with Gasteiger partial charge in [-0.1, -0.05) is 0 Å². The van der Waals surface area contributed by atoms with E-state index < -0.39 is 5.97 Å². The van der Waals surface area contributed by atoms with E-state index in [-0.39, 0.29) is 0 Å². The summed E-state index contributed by atoms with van der Waals surface area (Å²) < 4.78 is 10.9. The van der Waals surface area contributed by atoms with Crippen molar-refractivity contribution in [3.63, 3.8) is 0 Å². The second-order valence-corrected chi connectivity index (χ2v) is 4.91. The van der Waals surface area contributed by atoms with E-state index in [1.807, 2.05) is 18.2 Å². The van der Waals surface area contributed by atoms with Crippen molar-refractivity contribution in [2.45, 2.75) is 0 Å². The van der Waals surface area contributed by atoms with Crippen LogP contribution in [-0.4, -0.2) is 24.3 Å². The van der Waals surface area contributed by atoms with Gasteiger partial charge in [0.15, 0.2) is 11.5 Å². The largest absolute Gasteiger partial charge is 0.486 e. The minimum Gasteiger partial charge on any atom is -0.486 e. The van der Waals surface area contributed by atoms with Gasteiger partial charge in [-0.3, -0.25) is 0 Å². The Hall–Kier alpha value is -2.01. The SMILES string of the molecule is O=C(O)c1ccc(-c2ccc3c(c2)OCCO3)s1. The predicted molar refractivity (Wildman–Crippen MR) is 67.7 cm³/mol. The molecule has 3 rings (SSSR count). The number of carbonyl (C=O) groups is 1. The average molecular weight is 262 g/mol. The van der Waals surface area contributed by atoms with Gasteiger partial charge in [-0.2, -0.15) is 0 Å². The van der Waals surface area contributed by atoms with Crippen LogP contribution in [0.5, 0.6) is 11.5 Å². The van der Waals surface area contributed by atoms with Crippen LogP contribution in [0.1, 0.15) is 9.67 Å². The Kier molecular flexibility index (Phi) is 2.68. The summed E-state index contributed by atoms with van der Waals surface area (Å²) in [6, 6.07) is 9.06. The van der Waals surface area contributed by atoms with Crippen LogP contribution in [-0.2, 0) is 0 Å². The third-order valence-corrected chi connectivity index (χ3v) is 3.77. The molecule has 1 aromatic heterocycles. The molecule has 92 valence electrons. The van der Waals surface area contributed by atoms with Crippen LogP contribution in [0.3, 0.4) is 0 Å². The average Bonchev–Trinajstić information content (AvgIpc) is 2.88. The van der Waals surface area contributed by atoms with Gasteiger partial charge >= 0.3 is 5.97 Å². The first kappa shape index (κ1) is 11.1. The topological polar surface area (TPSA) is 55.8 Å². The van der Waals surface area contributed by atoms with Gasteiger partial charge < -0.3 is 14.6 Å². The first-order valence-corrected chi connectivity index (χ1v) is 6.29. The minimum absolute atomic E-state index is 0.333. The molecular weight excluding hydrogens is 252 g/mol. The smallest absolute Gasteiger partial charge is 0.345 e. The molecule has 4 nitrogen and oxygen atoms in total. The maximum Gasteiger partial charge on any atom is 0.345 e. The maximum absolute atomic E-state index is 10.8. The van der Waals surface area contributed by atoms with Crippen LogP contribution in [0.15, 0.2) is 30.3 Å². The first-order valence-electron chi connectivity index (χ1n) is 5.47. The number of ether oxygens (including phenoxy) is 2. The molecule has 1 N–H and O–H groups in total. The van der Waals surface area contributed by atoms with Gasteiger partial charge in [0.05, 0.1) is 0 Å². The molecule has 0 aliphatic carbocycles. The molecule has 1 aliphatic heterocycles. The van der Waals surface area contributed by atoms with Crippen LogP contribution < -0.4 is 9.47 Å². The summed E-state index contributed by atoms with van der Waals surface area (Å²) in [5, 5.41) is 8.90. The molecule has 18 heavy (non-hydrogen) atoms. The van der Waals surface area contributed by atoms with Crippen LogP contribution >= 0.6 is 11.3 Å². The molecule has 1 aliphatic rings. The number of hydrogen-bond acceptors (Lipinski definition) is 4. The van der Waals surface area contributed by atoms with Gasteiger partial charge in [-0.25, -0.2) is 4.79 Å². The van der Waals surface area contributed by atoms with Crippen LogP contribution in [0.4, 0.5) is 0 Å². The molecule has 5 heteroatoms. The van der Waals surface area contributed by atoms with Crippen molar-refractivity contribution >= 4 is 17.3 Å². The van der Waals surface area contributed by atoms with Gasteiger partial charge in [-0.15, -0.1) is 11.3 Å². The monoisotopic (exact) mass is 262 g/mol. The second-order valence-electron chi connectivity index (χ2n) is 3.83. The van der Waals surface area contributed by atoms with Crippen LogP contribution in [0, 0.1) is 0 Å². The highest BCUT2D eigenvalue weighted by Gasteiger charge is 2.14. The number of fused-ring (bicyclic) bond motifs is 1. The summed E-state index contributed by atoms with van der Waals surface area (Å²) in [7, 11) is 0. The lowest BCUT2D eigenvalue weighted by Crippen LogP contribution is -2.15. The zero-order chi connectivity index (χ0) is 12.5. The summed E-state index contributed by atoms with van der Waals surface area (Å²) in [6.07, 6.45) is 0. The van der Waals surface area contributed by atoms with Gasteiger partial charge in [-0.05, 0) is 35.9 Å². The van der Waals surface area contributed by atoms with E-state index in [2.05, 4.69) is 0 Å². The summed E-state index contributed by atoms with van der Waals surface area (Å²) >= 11 is 1.25. The van der Waals surface area contributed by atoms with Crippen molar-refractivity contribution in [1.82, 2.24) is 0 Å². The van der Waals surface area contributed by atoms with E-state index in [1.165, 1.54) is 11.3 Å². The van der Waals surface area contributed by atoms with Gasteiger partial charge in [0.2, 0.25) is 0 Å². The Morgan fingerprint density at radius 1 is 1.11 bits per heavy atom. The number of benzene rings is 1. The second kappa shape index (κ2) is 4.34.